The molecule has 1 radical (unpaired) electrons. The van der Waals surface area contributed by atoms with Gasteiger partial charge in [0.05, 0.1) is 0 Å². The van der Waals surface area contributed by atoms with E-state index in [1.54, 1.807) is 0 Å². The molecule has 4 nitrogen and oxygen atoms in total. The van der Waals surface area contributed by atoms with Crippen molar-refractivity contribution < 1.29 is 36.9 Å². The number of carboxylic acids is 2. The van der Waals surface area contributed by atoms with Crippen LogP contribution in [0.25, 0.3) is 0 Å². The van der Waals surface area contributed by atoms with Gasteiger partial charge in [-0.2, -0.15) is 0 Å². The van der Waals surface area contributed by atoms with Crippen molar-refractivity contribution in [3.05, 3.63) is 0 Å². The van der Waals surface area contributed by atoms with E-state index in [1.807, 2.05) is 0 Å². The molecule has 0 aliphatic rings. The van der Waals surface area contributed by atoms with Gasteiger partial charge in [-0.15, -0.1) is 0 Å². The van der Waals surface area contributed by atoms with Crippen LogP contribution in [-0.2, 0) is 26.7 Å². The van der Waals surface area contributed by atoms with Crippen molar-refractivity contribution in [2.45, 2.75) is 26.7 Å². The van der Waals surface area contributed by atoms with E-state index < -0.39 is 11.9 Å². The smallest absolute Gasteiger partial charge is 0.550 e. The van der Waals surface area contributed by atoms with Crippen LogP contribution in [0, 0.1) is 0 Å². The van der Waals surface area contributed by atoms with Crippen LogP contribution in [0.5, 0.6) is 0 Å². The molecule has 0 N–H and O–H groups in total. The van der Waals surface area contributed by atoms with Crippen LogP contribution in [0.4, 0.5) is 0 Å². The number of aliphatic carboxylic acids is 2. The summed E-state index contributed by atoms with van der Waals surface area (Å²) in [5.74, 6) is -1.99. The van der Waals surface area contributed by atoms with Crippen molar-refractivity contribution >= 4 is 11.9 Å². The molecule has 0 spiro atoms. The quantitative estimate of drug-likeness (QED) is 0.498. The summed E-state index contributed by atoms with van der Waals surface area (Å²) in [7, 11) is 0. The molecule has 0 saturated carbocycles. The summed E-state index contributed by atoms with van der Waals surface area (Å²) in [6.45, 7) is 3.07. The van der Waals surface area contributed by atoms with Gasteiger partial charge in [0.2, 0.25) is 0 Å². The third-order valence-electron chi connectivity index (χ3n) is 0.577. The van der Waals surface area contributed by atoms with E-state index in [1.165, 1.54) is 13.8 Å². The molecule has 0 aliphatic carbocycles. The van der Waals surface area contributed by atoms with E-state index in [-0.39, 0.29) is 29.9 Å². The van der Waals surface area contributed by atoms with Crippen LogP contribution in [0.3, 0.4) is 0 Å². The summed E-state index contributed by atoms with van der Waals surface area (Å²) >= 11 is 0. The van der Waals surface area contributed by atoms with E-state index in [0.717, 1.165) is 0 Å². The Morgan fingerprint density at radius 1 is 1.00 bits per heavy atom. The first-order valence-corrected chi connectivity index (χ1v) is 2.94. The number of rotatable bonds is 2. The van der Waals surface area contributed by atoms with E-state index in [4.69, 9.17) is 0 Å². The second kappa shape index (κ2) is 12.2. The Morgan fingerprint density at radius 3 is 1.09 bits per heavy atom. The first kappa shape index (κ1) is 16.8. The second-order valence-corrected chi connectivity index (χ2v) is 1.45. The van der Waals surface area contributed by atoms with Crippen LogP contribution in [0.2, 0.25) is 0 Å². The summed E-state index contributed by atoms with van der Waals surface area (Å²) in [6.07, 6.45) is 0.222. The van der Waals surface area contributed by atoms with Crippen LogP contribution in [-0.4, -0.2) is 11.9 Å². The van der Waals surface area contributed by atoms with Gasteiger partial charge in [-0.25, -0.2) is 0 Å². The van der Waals surface area contributed by atoms with Crippen LogP contribution >= 0.6 is 0 Å². The van der Waals surface area contributed by atoms with Gasteiger partial charge < -0.3 is 19.8 Å². The van der Waals surface area contributed by atoms with Crippen molar-refractivity contribution in [1.29, 1.82) is 0 Å². The number of carbonyl (C=O) groups is 2. The minimum absolute atomic E-state index is 0. The molecule has 11 heavy (non-hydrogen) atoms. The van der Waals surface area contributed by atoms with Gasteiger partial charge >= 0.3 is 17.1 Å². The molecular formula is C6H10MnO4. The Labute approximate surface area is 76.1 Å². The normalized spacial score (nSPS) is 6.73. The first-order valence-electron chi connectivity index (χ1n) is 2.94. The molecule has 0 aromatic heterocycles. The average Bonchev–Trinajstić information content (AvgIpc) is 1.89. The maximum atomic E-state index is 9.26. The fourth-order valence-electron chi connectivity index (χ4n) is 0. The maximum Gasteiger partial charge on any atom is 2.00 e. The zero-order chi connectivity index (χ0) is 8.57. The van der Waals surface area contributed by atoms with Gasteiger partial charge in [-0.3, -0.25) is 0 Å². The monoisotopic (exact) mass is 201 g/mol. The molecule has 0 aromatic carbocycles. The number of hydrogen-bond donors (Lipinski definition) is 0. The Hall–Kier alpha value is -0.541. The van der Waals surface area contributed by atoms with Gasteiger partial charge in [-0.1, -0.05) is 13.8 Å². The second-order valence-electron chi connectivity index (χ2n) is 1.45. The molecule has 0 rings (SSSR count). The van der Waals surface area contributed by atoms with Crippen molar-refractivity contribution in [2.75, 3.05) is 0 Å². The number of carboxylic acid groups (broad SMARTS) is 2. The van der Waals surface area contributed by atoms with Crippen molar-refractivity contribution in [3.8, 4) is 0 Å². The summed E-state index contributed by atoms with van der Waals surface area (Å²) in [6, 6.07) is 0. The van der Waals surface area contributed by atoms with Gasteiger partial charge in [-0.05, 0) is 12.8 Å². The van der Waals surface area contributed by atoms with Gasteiger partial charge in [0.1, 0.15) is 0 Å². The molecule has 0 heterocycles. The van der Waals surface area contributed by atoms with Gasteiger partial charge in [0.25, 0.3) is 0 Å². The van der Waals surface area contributed by atoms with E-state index in [0.29, 0.717) is 0 Å². The molecular weight excluding hydrogens is 191 g/mol. The molecule has 0 bridgehead atoms. The molecule has 0 aromatic rings. The molecule has 0 saturated heterocycles. The molecule has 5 heteroatoms. The zero-order valence-electron chi connectivity index (χ0n) is 6.43. The average molecular weight is 201 g/mol. The van der Waals surface area contributed by atoms with E-state index >= 15 is 0 Å². The molecule has 0 aliphatic heterocycles. The van der Waals surface area contributed by atoms with Crippen molar-refractivity contribution in [2.24, 2.45) is 0 Å². The van der Waals surface area contributed by atoms with Crippen LogP contribution in [0.15, 0.2) is 0 Å². The first-order chi connectivity index (χ1) is 4.54. The molecule has 0 amide bonds. The maximum absolute atomic E-state index is 9.26. The third kappa shape index (κ3) is 44.0. The zero-order valence-corrected chi connectivity index (χ0v) is 7.61. The van der Waals surface area contributed by atoms with Crippen LogP contribution in [0.1, 0.15) is 26.7 Å². The topological polar surface area (TPSA) is 80.3 Å². The minimum Gasteiger partial charge on any atom is -0.550 e. The van der Waals surface area contributed by atoms with E-state index in [2.05, 4.69) is 0 Å². The van der Waals surface area contributed by atoms with Crippen LogP contribution < -0.4 is 10.2 Å². The SMILES string of the molecule is CCC(=O)[O-].CCC(=O)[O-].[Mn+2]. The number of hydrogen-bond acceptors (Lipinski definition) is 4. The fraction of sp³-hybridized carbons (Fsp3) is 0.667. The Balaban J connectivity index is -0.000000107. The Morgan fingerprint density at radius 2 is 1.09 bits per heavy atom. The van der Waals surface area contributed by atoms with Gasteiger partial charge in [0, 0.05) is 11.9 Å². The van der Waals surface area contributed by atoms with Gasteiger partial charge in [0.15, 0.2) is 0 Å². The summed E-state index contributed by atoms with van der Waals surface area (Å²) < 4.78 is 0. The third-order valence-corrected chi connectivity index (χ3v) is 0.577. The molecule has 0 fully saturated rings. The summed E-state index contributed by atoms with van der Waals surface area (Å²) in [5.41, 5.74) is 0. The predicted octanol–water partition coefficient (Wildman–Crippen LogP) is -1.71. The van der Waals surface area contributed by atoms with Crippen molar-refractivity contribution in [1.82, 2.24) is 0 Å². The molecule has 0 atom stereocenters. The molecule has 0 unspecified atom stereocenters. The number of carbonyl (C=O) groups excluding carboxylic acids is 2. The standard InChI is InChI=1S/2C3H6O2.Mn/c2*1-2-3(4)5;/h2*2H2,1H3,(H,4,5);/q;;+2/p-2. The minimum atomic E-state index is -0.995. The van der Waals surface area contributed by atoms with E-state index in [9.17, 15) is 19.8 Å². The summed E-state index contributed by atoms with van der Waals surface area (Å²) in [5, 5.41) is 18.5. The Bertz CT molecular complexity index is 99.1. The largest absolute Gasteiger partial charge is 2.00 e. The predicted molar refractivity (Wildman–Crippen MR) is 30.6 cm³/mol. The fourth-order valence-corrected chi connectivity index (χ4v) is 0. The Kier molecular flexibility index (Phi) is 18.6. The van der Waals surface area contributed by atoms with Crippen molar-refractivity contribution in [3.63, 3.8) is 0 Å². The molecule has 65 valence electrons. The summed E-state index contributed by atoms with van der Waals surface area (Å²) in [4.78, 5) is 18.5.